The lowest BCUT2D eigenvalue weighted by Gasteiger charge is -2.19. The summed E-state index contributed by atoms with van der Waals surface area (Å²) in [5, 5.41) is -0.259. The van der Waals surface area contributed by atoms with Crippen LogP contribution in [-0.2, 0) is 4.79 Å². The first-order valence-electron chi connectivity index (χ1n) is 4.91. The predicted octanol–water partition coefficient (Wildman–Crippen LogP) is 3.58. The van der Waals surface area contributed by atoms with Crippen LogP contribution in [0.4, 0.5) is 0 Å². The molecule has 14 heavy (non-hydrogen) atoms. The highest BCUT2D eigenvalue weighted by atomic mass is 35.5. The number of benzene rings is 1. The molecular weight excluding hydrogens is 196 g/mol. The number of carbonyl (C=O) groups is 1. The van der Waals surface area contributed by atoms with Crippen molar-refractivity contribution in [1.29, 1.82) is 0 Å². The lowest BCUT2D eigenvalue weighted by Crippen LogP contribution is -2.15. The SMILES string of the molecule is CCC(C)C(C(=O)Cl)c1ccccc1. The van der Waals surface area contributed by atoms with E-state index in [2.05, 4.69) is 13.8 Å². The van der Waals surface area contributed by atoms with Crippen molar-refractivity contribution < 1.29 is 4.79 Å². The lowest BCUT2D eigenvalue weighted by atomic mass is 9.87. The first kappa shape index (κ1) is 11.3. The monoisotopic (exact) mass is 210 g/mol. The molecule has 76 valence electrons. The minimum Gasteiger partial charge on any atom is -0.281 e. The second-order valence-electron chi connectivity index (χ2n) is 3.58. The first-order valence-corrected chi connectivity index (χ1v) is 5.29. The molecule has 0 fully saturated rings. The Morgan fingerprint density at radius 1 is 1.36 bits per heavy atom. The predicted molar refractivity (Wildman–Crippen MR) is 59.5 cm³/mol. The molecule has 0 saturated heterocycles. The molecule has 0 aromatic heterocycles. The van der Waals surface area contributed by atoms with Gasteiger partial charge in [-0.3, -0.25) is 4.79 Å². The molecule has 2 atom stereocenters. The van der Waals surface area contributed by atoms with Crippen LogP contribution in [-0.4, -0.2) is 5.24 Å². The van der Waals surface area contributed by atoms with Gasteiger partial charge in [0.2, 0.25) is 5.24 Å². The number of rotatable bonds is 4. The molecule has 0 N–H and O–H groups in total. The molecule has 0 radical (unpaired) electrons. The molecule has 0 amide bonds. The topological polar surface area (TPSA) is 17.1 Å². The average Bonchev–Trinajstić information content (AvgIpc) is 2.19. The number of halogens is 1. The Labute approximate surface area is 90.1 Å². The summed E-state index contributed by atoms with van der Waals surface area (Å²) in [4.78, 5) is 11.3. The van der Waals surface area contributed by atoms with Gasteiger partial charge in [-0.05, 0) is 23.1 Å². The molecule has 0 heterocycles. The highest BCUT2D eigenvalue weighted by molar-refractivity contribution is 6.64. The Kier molecular flexibility index (Phi) is 4.15. The normalized spacial score (nSPS) is 14.8. The zero-order valence-corrected chi connectivity index (χ0v) is 9.29. The van der Waals surface area contributed by atoms with E-state index < -0.39 is 0 Å². The summed E-state index contributed by atoms with van der Waals surface area (Å²) in [7, 11) is 0. The van der Waals surface area contributed by atoms with Crippen LogP contribution in [0.15, 0.2) is 30.3 Å². The van der Waals surface area contributed by atoms with E-state index in [1.165, 1.54) is 0 Å². The summed E-state index contributed by atoms with van der Waals surface area (Å²) in [6.07, 6.45) is 0.956. The van der Waals surface area contributed by atoms with Gasteiger partial charge in [0, 0.05) is 0 Å². The van der Waals surface area contributed by atoms with Crippen molar-refractivity contribution in [3.63, 3.8) is 0 Å². The first-order chi connectivity index (χ1) is 6.66. The van der Waals surface area contributed by atoms with E-state index in [0.29, 0.717) is 5.92 Å². The summed E-state index contributed by atoms with van der Waals surface area (Å²) < 4.78 is 0. The van der Waals surface area contributed by atoms with Gasteiger partial charge in [-0.1, -0.05) is 50.6 Å². The third-order valence-corrected chi connectivity index (χ3v) is 2.85. The van der Waals surface area contributed by atoms with Gasteiger partial charge < -0.3 is 0 Å². The van der Waals surface area contributed by atoms with Gasteiger partial charge in [-0.15, -0.1) is 0 Å². The van der Waals surface area contributed by atoms with Gasteiger partial charge in [-0.25, -0.2) is 0 Å². The number of hydrogen-bond donors (Lipinski definition) is 0. The van der Waals surface area contributed by atoms with E-state index in [4.69, 9.17) is 11.6 Å². The molecule has 1 aromatic carbocycles. The summed E-state index contributed by atoms with van der Waals surface area (Å²) >= 11 is 5.61. The van der Waals surface area contributed by atoms with E-state index in [9.17, 15) is 4.79 Å². The molecule has 1 rings (SSSR count). The fourth-order valence-corrected chi connectivity index (χ4v) is 1.92. The largest absolute Gasteiger partial charge is 0.281 e. The van der Waals surface area contributed by atoms with Crippen LogP contribution in [0.25, 0.3) is 0 Å². The van der Waals surface area contributed by atoms with E-state index in [-0.39, 0.29) is 11.2 Å². The molecule has 0 aliphatic rings. The second kappa shape index (κ2) is 5.16. The molecule has 0 aliphatic heterocycles. The minimum atomic E-state index is -0.259. The van der Waals surface area contributed by atoms with Crippen molar-refractivity contribution in [2.75, 3.05) is 0 Å². The molecular formula is C12H15ClO. The smallest absolute Gasteiger partial charge is 0.229 e. The van der Waals surface area contributed by atoms with E-state index in [1.807, 2.05) is 30.3 Å². The summed E-state index contributed by atoms with van der Waals surface area (Å²) in [6, 6.07) is 9.72. The van der Waals surface area contributed by atoms with Crippen molar-refractivity contribution in [2.45, 2.75) is 26.2 Å². The summed E-state index contributed by atoms with van der Waals surface area (Å²) in [5.74, 6) is 0.130. The maximum absolute atomic E-state index is 11.3. The molecule has 2 unspecified atom stereocenters. The Morgan fingerprint density at radius 3 is 2.36 bits per heavy atom. The Hall–Kier alpha value is -0.820. The van der Waals surface area contributed by atoms with Crippen LogP contribution in [0.2, 0.25) is 0 Å². The maximum Gasteiger partial charge on any atom is 0.229 e. The Balaban J connectivity index is 2.95. The van der Waals surface area contributed by atoms with Gasteiger partial charge in [0.1, 0.15) is 0 Å². The number of hydrogen-bond acceptors (Lipinski definition) is 1. The van der Waals surface area contributed by atoms with Crippen molar-refractivity contribution in [3.8, 4) is 0 Å². The molecule has 0 bridgehead atoms. The molecule has 0 aliphatic carbocycles. The number of carbonyl (C=O) groups excluding carboxylic acids is 1. The van der Waals surface area contributed by atoms with Crippen LogP contribution in [0.1, 0.15) is 31.7 Å². The third kappa shape index (κ3) is 2.58. The molecule has 2 heteroatoms. The zero-order chi connectivity index (χ0) is 10.6. The highest BCUT2D eigenvalue weighted by Crippen LogP contribution is 2.28. The van der Waals surface area contributed by atoms with E-state index in [1.54, 1.807) is 0 Å². The van der Waals surface area contributed by atoms with Gasteiger partial charge in [0.25, 0.3) is 0 Å². The second-order valence-corrected chi connectivity index (χ2v) is 3.95. The summed E-state index contributed by atoms with van der Waals surface area (Å²) in [5.41, 5.74) is 1.02. The third-order valence-electron chi connectivity index (χ3n) is 2.62. The fourth-order valence-electron chi connectivity index (χ4n) is 1.58. The summed E-state index contributed by atoms with van der Waals surface area (Å²) in [6.45, 7) is 4.12. The van der Waals surface area contributed by atoms with E-state index in [0.717, 1.165) is 12.0 Å². The van der Waals surface area contributed by atoms with Gasteiger partial charge in [-0.2, -0.15) is 0 Å². The maximum atomic E-state index is 11.3. The van der Waals surface area contributed by atoms with Gasteiger partial charge in [0.05, 0.1) is 5.92 Å². The highest BCUT2D eigenvalue weighted by Gasteiger charge is 2.23. The Morgan fingerprint density at radius 2 is 1.93 bits per heavy atom. The van der Waals surface area contributed by atoms with Crippen molar-refractivity contribution in [1.82, 2.24) is 0 Å². The van der Waals surface area contributed by atoms with Gasteiger partial charge >= 0.3 is 0 Å². The van der Waals surface area contributed by atoms with Crippen LogP contribution >= 0.6 is 11.6 Å². The van der Waals surface area contributed by atoms with Crippen LogP contribution in [0.5, 0.6) is 0 Å². The molecule has 0 spiro atoms. The standard InChI is InChI=1S/C12H15ClO/c1-3-9(2)11(12(13)14)10-7-5-4-6-8-10/h4-9,11H,3H2,1-2H3. The molecule has 0 saturated carbocycles. The van der Waals surface area contributed by atoms with Gasteiger partial charge in [0.15, 0.2) is 0 Å². The fraction of sp³-hybridized carbons (Fsp3) is 0.417. The zero-order valence-electron chi connectivity index (χ0n) is 8.53. The van der Waals surface area contributed by atoms with Crippen molar-refractivity contribution in [3.05, 3.63) is 35.9 Å². The average molecular weight is 211 g/mol. The molecule has 1 aromatic rings. The van der Waals surface area contributed by atoms with Crippen LogP contribution in [0, 0.1) is 5.92 Å². The Bertz CT molecular complexity index is 294. The van der Waals surface area contributed by atoms with Crippen molar-refractivity contribution in [2.24, 2.45) is 5.92 Å². The quantitative estimate of drug-likeness (QED) is 0.695. The van der Waals surface area contributed by atoms with Crippen molar-refractivity contribution >= 4 is 16.8 Å². The molecule has 1 nitrogen and oxygen atoms in total. The van der Waals surface area contributed by atoms with Crippen LogP contribution in [0.3, 0.4) is 0 Å². The van der Waals surface area contributed by atoms with Crippen LogP contribution < -0.4 is 0 Å². The lowest BCUT2D eigenvalue weighted by molar-refractivity contribution is -0.114. The van der Waals surface area contributed by atoms with E-state index >= 15 is 0 Å². The minimum absolute atomic E-state index is 0.164.